The molecule has 0 bridgehead atoms. The Morgan fingerprint density at radius 2 is 1.58 bits per heavy atom. The topological polar surface area (TPSA) is 38.3 Å². The molecular weight excluding hydrogens is 319 g/mol. The number of hydrogen-bond donors (Lipinski definition) is 1. The average molecular weight is 337 g/mol. The molecule has 2 aromatic rings. The second kappa shape index (κ2) is 6.95. The lowest BCUT2D eigenvalue weighted by atomic mass is 10.1. The van der Waals surface area contributed by atoms with Gasteiger partial charge in [-0.05, 0) is 56.2 Å². The number of amides is 1. The smallest absolute Gasteiger partial charge is 0.416 e. The molecule has 128 valence electrons. The van der Waals surface area contributed by atoms with E-state index in [4.69, 9.17) is 4.74 Å². The van der Waals surface area contributed by atoms with Crippen molar-refractivity contribution in [3.8, 4) is 5.75 Å². The summed E-state index contributed by atoms with van der Waals surface area (Å²) in [6.07, 6.45) is -4.39. The van der Waals surface area contributed by atoms with E-state index in [1.54, 1.807) is 0 Å². The number of nitrogens with one attached hydrogen (secondary N) is 1. The minimum atomic E-state index is -4.39. The lowest BCUT2D eigenvalue weighted by Crippen LogP contribution is -2.21. The summed E-state index contributed by atoms with van der Waals surface area (Å²) in [6.45, 7) is 5.48. The summed E-state index contributed by atoms with van der Waals surface area (Å²) in [5.74, 6) is -0.166. The lowest BCUT2D eigenvalue weighted by Gasteiger charge is -2.13. The first-order valence-electron chi connectivity index (χ1n) is 7.34. The van der Waals surface area contributed by atoms with E-state index >= 15 is 0 Å². The number of alkyl halides is 3. The van der Waals surface area contributed by atoms with Crippen LogP contribution in [-0.2, 0) is 11.0 Å². The summed E-state index contributed by atoms with van der Waals surface area (Å²) in [5.41, 5.74) is 2.95. The summed E-state index contributed by atoms with van der Waals surface area (Å²) < 4.78 is 42.7. The van der Waals surface area contributed by atoms with Crippen LogP contribution in [0.15, 0.2) is 36.4 Å². The number of benzene rings is 2. The molecule has 0 aliphatic rings. The van der Waals surface area contributed by atoms with Gasteiger partial charge >= 0.3 is 6.18 Å². The van der Waals surface area contributed by atoms with Gasteiger partial charge in [-0.3, -0.25) is 4.79 Å². The molecule has 0 spiro atoms. The van der Waals surface area contributed by atoms with E-state index in [0.717, 1.165) is 34.5 Å². The summed E-state index contributed by atoms with van der Waals surface area (Å²) in [7, 11) is 0. The first-order chi connectivity index (χ1) is 11.2. The van der Waals surface area contributed by atoms with Gasteiger partial charge in [0.2, 0.25) is 0 Å². The number of carbonyl (C=O) groups is 1. The Hall–Kier alpha value is -2.50. The van der Waals surface area contributed by atoms with Crippen molar-refractivity contribution in [2.75, 3.05) is 11.9 Å². The van der Waals surface area contributed by atoms with Crippen LogP contribution in [0, 0.1) is 20.8 Å². The fourth-order valence-corrected chi connectivity index (χ4v) is 2.44. The van der Waals surface area contributed by atoms with Gasteiger partial charge in [-0.2, -0.15) is 13.2 Å². The monoisotopic (exact) mass is 337 g/mol. The van der Waals surface area contributed by atoms with E-state index in [1.165, 1.54) is 12.1 Å². The maximum Gasteiger partial charge on any atom is 0.416 e. The maximum atomic E-state index is 12.5. The zero-order chi connectivity index (χ0) is 17.9. The normalized spacial score (nSPS) is 11.2. The van der Waals surface area contributed by atoms with Crippen molar-refractivity contribution in [1.29, 1.82) is 0 Å². The van der Waals surface area contributed by atoms with Gasteiger partial charge < -0.3 is 10.1 Å². The molecular formula is C18H18F3NO2. The van der Waals surface area contributed by atoms with Crippen LogP contribution in [0.25, 0.3) is 0 Å². The van der Waals surface area contributed by atoms with Crippen molar-refractivity contribution in [3.05, 3.63) is 58.7 Å². The molecule has 0 radical (unpaired) electrons. The van der Waals surface area contributed by atoms with E-state index in [0.29, 0.717) is 0 Å². The van der Waals surface area contributed by atoms with Crippen molar-refractivity contribution < 1.29 is 22.7 Å². The van der Waals surface area contributed by atoms with Crippen LogP contribution < -0.4 is 10.1 Å². The number of rotatable bonds is 4. The fourth-order valence-electron chi connectivity index (χ4n) is 2.44. The summed E-state index contributed by atoms with van der Waals surface area (Å²) in [5, 5.41) is 2.77. The standard InChI is InChI=1S/C18H18F3NO2/c1-11-8-12(2)17(13(3)9-11)22-16(23)10-24-15-6-4-14(5-7-15)18(19,20)21/h4-9H,10H2,1-3H3,(H,22,23). The van der Waals surface area contributed by atoms with Crippen molar-refractivity contribution in [3.63, 3.8) is 0 Å². The van der Waals surface area contributed by atoms with E-state index in [9.17, 15) is 18.0 Å². The predicted octanol–water partition coefficient (Wildman–Crippen LogP) is 4.65. The third-order valence-corrected chi connectivity index (χ3v) is 3.49. The summed E-state index contributed by atoms with van der Waals surface area (Å²) >= 11 is 0. The van der Waals surface area contributed by atoms with Gasteiger partial charge in [0.05, 0.1) is 5.56 Å². The molecule has 1 N–H and O–H groups in total. The second-order valence-electron chi connectivity index (χ2n) is 5.63. The first kappa shape index (κ1) is 17.8. The Balaban J connectivity index is 1.97. The molecule has 3 nitrogen and oxygen atoms in total. The molecule has 2 aromatic carbocycles. The van der Waals surface area contributed by atoms with Crippen molar-refractivity contribution in [2.24, 2.45) is 0 Å². The highest BCUT2D eigenvalue weighted by molar-refractivity contribution is 5.93. The summed E-state index contributed by atoms with van der Waals surface area (Å²) in [4.78, 5) is 12.0. The number of anilines is 1. The van der Waals surface area contributed by atoms with Gasteiger partial charge in [-0.25, -0.2) is 0 Å². The van der Waals surface area contributed by atoms with Crippen LogP contribution in [0.2, 0.25) is 0 Å². The van der Waals surface area contributed by atoms with Crippen LogP contribution in [0.1, 0.15) is 22.3 Å². The van der Waals surface area contributed by atoms with Gasteiger partial charge in [-0.1, -0.05) is 17.7 Å². The fraction of sp³-hybridized carbons (Fsp3) is 0.278. The molecule has 0 heterocycles. The van der Waals surface area contributed by atoms with E-state index in [2.05, 4.69) is 5.32 Å². The summed E-state index contributed by atoms with van der Waals surface area (Å²) in [6, 6.07) is 8.14. The van der Waals surface area contributed by atoms with Crippen LogP contribution in [0.5, 0.6) is 5.75 Å². The van der Waals surface area contributed by atoms with Crippen molar-refractivity contribution in [2.45, 2.75) is 26.9 Å². The van der Waals surface area contributed by atoms with Crippen LogP contribution in [0.4, 0.5) is 18.9 Å². The van der Waals surface area contributed by atoms with Gasteiger partial charge in [0.25, 0.3) is 5.91 Å². The first-order valence-corrected chi connectivity index (χ1v) is 7.34. The SMILES string of the molecule is Cc1cc(C)c(NC(=O)COc2ccc(C(F)(F)F)cc2)c(C)c1. The van der Waals surface area contributed by atoms with Crippen molar-refractivity contribution in [1.82, 2.24) is 0 Å². The number of hydrogen-bond acceptors (Lipinski definition) is 2. The van der Waals surface area contributed by atoms with Gasteiger partial charge in [-0.15, -0.1) is 0 Å². The molecule has 0 aromatic heterocycles. The van der Waals surface area contributed by atoms with Gasteiger partial charge in [0, 0.05) is 5.69 Å². The van der Waals surface area contributed by atoms with E-state index < -0.39 is 11.7 Å². The highest BCUT2D eigenvalue weighted by Gasteiger charge is 2.30. The van der Waals surface area contributed by atoms with Crippen molar-refractivity contribution >= 4 is 11.6 Å². The zero-order valence-corrected chi connectivity index (χ0v) is 13.6. The Kier molecular flexibility index (Phi) is 5.17. The third kappa shape index (κ3) is 4.50. The Labute approximate surface area is 138 Å². The Morgan fingerprint density at radius 3 is 2.08 bits per heavy atom. The molecule has 2 rings (SSSR count). The molecule has 1 amide bonds. The number of carbonyl (C=O) groups excluding carboxylic acids is 1. The number of ether oxygens (including phenoxy) is 1. The number of halogens is 3. The molecule has 0 atom stereocenters. The average Bonchev–Trinajstić information content (AvgIpc) is 2.48. The second-order valence-corrected chi connectivity index (χ2v) is 5.63. The lowest BCUT2D eigenvalue weighted by molar-refractivity contribution is -0.137. The van der Waals surface area contributed by atoms with Crippen LogP contribution in [-0.4, -0.2) is 12.5 Å². The quantitative estimate of drug-likeness (QED) is 0.882. The Bertz CT molecular complexity index is 714. The third-order valence-electron chi connectivity index (χ3n) is 3.49. The van der Waals surface area contributed by atoms with Crippen LogP contribution in [0.3, 0.4) is 0 Å². The largest absolute Gasteiger partial charge is 0.484 e. The highest BCUT2D eigenvalue weighted by atomic mass is 19.4. The maximum absolute atomic E-state index is 12.5. The number of aryl methyl sites for hydroxylation is 3. The van der Waals surface area contributed by atoms with Crippen LogP contribution >= 0.6 is 0 Å². The molecule has 0 aliphatic carbocycles. The molecule has 24 heavy (non-hydrogen) atoms. The van der Waals surface area contributed by atoms with Gasteiger partial charge in [0.15, 0.2) is 6.61 Å². The minimum Gasteiger partial charge on any atom is -0.484 e. The van der Waals surface area contributed by atoms with Gasteiger partial charge in [0.1, 0.15) is 5.75 Å². The predicted molar refractivity (Wildman–Crippen MR) is 86.2 cm³/mol. The molecule has 0 aliphatic heterocycles. The molecule has 0 saturated heterocycles. The highest BCUT2D eigenvalue weighted by Crippen LogP contribution is 2.30. The zero-order valence-electron chi connectivity index (χ0n) is 13.6. The molecule has 6 heteroatoms. The minimum absolute atomic E-state index is 0.204. The molecule has 0 unspecified atom stereocenters. The molecule has 0 saturated carbocycles. The Morgan fingerprint density at radius 1 is 1.04 bits per heavy atom. The van der Waals surface area contributed by atoms with E-state index in [1.807, 2.05) is 32.9 Å². The molecule has 0 fully saturated rings. The van der Waals surface area contributed by atoms with E-state index in [-0.39, 0.29) is 18.3 Å².